The van der Waals surface area contributed by atoms with Gasteiger partial charge in [0.05, 0.1) is 13.7 Å². The van der Waals surface area contributed by atoms with Crippen molar-refractivity contribution in [2.75, 3.05) is 39.8 Å². The molecule has 1 atom stereocenters. The van der Waals surface area contributed by atoms with Crippen molar-refractivity contribution < 1.29 is 9.53 Å². The molecule has 1 aromatic carbocycles. The van der Waals surface area contributed by atoms with Gasteiger partial charge in [0.2, 0.25) is 5.91 Å². The first-order valence-electron chi connectivity index (χ1n) is 8.85. The van der Waals surface area contributed by atoms with E-state index < -0.39 is 0 Å². The maximum absolute atomic E-state index is 12.1. The number of hydrogen-bond donors (Lipinski definition) is 1. The van der Waals surface area contributed by atoms with E-state index in [1.54, 1.807) is 7.11 Å². The minimum Gasteiger partial charge on any atom is -0.497 e. The lowest BCUT2D eigenvalue weighted by Gasteiger charge is -2.34. The van der Waals surface area contributed by atoms with Crippen LogP contribution in [0.2, 0.25) is 0 Å². The van der Waals surface area contributed by atoms with Gasteiger partial charge in [-0.25, -0.2) is 0 Å². The lowest BCUT2D eigenvalue weighted by molar-refractivity contribution is -0.123. The van der Waals surface area contributed by atoms with Gasteiger partial charge in [-0.2, -0.15) is 0 Å². The molecule has 24 heavy (non-hydrogen) atoms. The van der Waals surface area contributed by atoms with Crippen LogP contribution in [0, 0.1) is 5.92 Å². The van der Waals surface area contributed by atoms with Crippen molar-refractivity contribution in [3.63, 3.8) is 0 Å². The third-order valence-corrected chi connectivity index (χ3v) is 4.79. The summed E-state index contributed by atoms with van der Waals surface area (Å²) in [5.74, 6) is 1.50. The summed E-state index contributed by atoms with van der Waals surface area (Å²) in [6, 6.07) is 8.48. The number of hydrogen-bond acceptors (Lipinski definition) is 4. The molecule has 2 rings (SSSR count). The molecule has 0 saturated carbocycles. The van der Waals surface area contributed by atoms with Gasteiger partial charge < -0.3 is 10.1 Å². The van der Waals surface area contributed by atoms with Gasteiger partial charge in [0.15, 0.2) is 0 Å². The zero-order chi connectivity index (χ0) is 17.5. The molecule has 1 amide bonds. The van der Waals surface area contributed by atoms with E-state index in [0.717, 1.165) is 38.5 Å². The highest BCUT2D eigenvalue weighted by Crippen LogP contribution is 2.14. The molecule has 0 aliphatic carbocycles. The van der Waals surface area contributed by atoms with Gasteiger partial charge in [-0.1, -0.05) is 26.0 Å². The van der Waals surface area contributed by atoms with Crippen LogP contribution in [0.15, 0.2) is 24.3 Å². The number of methoxy groups -OCH3 is 1. The van der Waals surface area contributed by atoms with E-state index in [-0.39, 0.29) is 11.9 Å². The van der Waals surface area contributed by atoms with Crippen molar-refractivity contribution in [1.82, 2.24) is 15.1 Å². The van der Waals surface area contributed by atoms with Crippen LogP contribution in [0.4, 0.5) is 0 Å². The number of carbonyl (C=O) groups excluding carboxylic acids is 1. The van der Waals surface area contributed by atoms with Crippen molar-refractivity contribution >= 4 is 5.91 Å². The average Bonchev–Trinajstić information content (AvgIpc) is 2.57. The van der Waals surface area contributed by atoms with Crippen molar-refractivity contribution in [2.24, 2.45) is 5.92 Å². The molecule has 1 aliphatic heterocycles. The van der Waals surface area contributed by atoms with Crippen LogP contribution in [0.5, 0.6) is 5.75 Å². The molecule has 0 spiro atoms. The Labute approximate surface area is 146 Å². The van der Waals surface area contributed by atoms with Crippen molar-refractivity contribution in [3.05, 3.63) is 29.8 Å². The second-order valence-electron chi connectivity index (χ2n) is 7.00. The second-order valence-corrected chi connectivity index (χ2v) is 7.00. The van der Waals surface area contributed by atoms with Crippen LogP contribution < -0.4 is 10.1 Å². The van der Waals surface area contributed by atoms with Gasteiger partial charge in [0.25, 0.3) is 0 Å². The standard InChI is InChI=1S/C19H31N3O2/c1-15(2)16(3)20-19(23)14-22-11-9-21(10-12-22)13-17-5-7-18(24-4)8-6-17/h5-8,15-16H,9-14H2,1-4H3,(H,20,23)/t16-/m0/s1. The minimum atomic E-state index is 0.139. The van der Waals surface area contributed by atoms with E-state index in [4.69, 9.17) is 4.74 Å². The summed E-state index contributed by atoms with van der Waals surface area (Å²) >= 11 is 0. The number of piperazine rings is 1. The molecule has 1 aliphatic rings. The summed E-state index contributed by atoms with van der Waals surface area (Å²) in [4.78, 5) is 16.8. The van der Waals surface area contributed by atoms with Crippen LogP contribution in [0.1, 0.15) is 26.3 Å². The molecule has 0 radical (unpaired) electrons. The smallest absolute Gasteiger partial charge is 0.234 e. The predicted molar refractivity (Wildman–Crippen MR) is 97.2 cm³/mol. The summed E-state index contributed by atoms with van der Waals surface area (Å²) in [5.41, 5.74) is 1.30. The number of ether oxygens (including phenoxy) is 1. The van der Waals surface area contributed by atoms with Crippen molar-refractivity contribution in [2.45, 2.75) is 33.4 Å². The predicted octanol–water partition coefficient (Wildman–Crippen LogP) is 1.97. The molecular formula is C19H31N3O2. The fourth-order valence-electron chi connectivity index (χ4n) is 2.76. The Morgan fingerprint density at radius 3 is 2.21 bits per heavy atom. The van der Waals surface area contributed by atoms with Gasteiger partial charge >= 0.3 is 0 Å². The number of rotatable bonds is 7. The van der Waals surface area contributed by atoms with Crippen LogP contribution in [-0.4, -0.2) is 61.6 Å². The number of nitrogens with zero attached hydrogens (tertiary/aromatic N) is 2. The zero-order valence-corrected chi connectivity index (χ0v) is 15.4. The molecule has 1 saturated heterocycles. The van der Waals surface area contributed by atoms with E-state index in [9.17, 15) is 4.79 Å². The maximum atomic E-state index is 12.1. The largest absolute Gasteiger partial charge is 0.497 e. The number of carbonyl (C=O) groups is 1. The van der Waals surface area contributed by atoms with Crippen molar-refractivity contribution in [3.8, 4) is 5.75 Å². The summed E-state index contributed by atoms with van der Waals surface area (Å²) in [7, 11) is 1.69. The van der Waals surface area contributed by atoms with Gasteiger partial charge in [0.1, 0.15) is 5.75 Å². The number of benzene rings is 1. The monoisotopic (exact) mass is 333 g/mol. The molecule has 5 heteroatoms. The van der Waals surface area contributed by atoms with Crippen LogP contribution in [0.3, 0.4) is 0 Å². The summed E-state index contributed by atoms with van der Waals surface area (Å²) < 4.78 is 5.19. The Morgan fingerprint density at radius 1 is 1.08 bits per heavy atom. The Hall–Kier alpha value is -1.59. The lowest BCUT2D eigenvalue weighted by atomic mass is 10.1. The lowest BCUT2D eigenvalue weighted by Crippen LogP contribution is -2.50. The molecule has 1 heterocycles. The van der Waals surface area contributed by atoms with Gasteiger partial charge in [-0.15, -0.1) is 0 Å². The summed E-state index contributed by atoms with van der Waals surface area (Å²) in [5, 5.41) is 3.08. The van der Waals surface area contributed by atoms with E-state index in [0.29, 0.717) is 12.5 Å². The third kappa shape index (κ3) is 5.80. The number of amides is 1. The SMILES string of the molecule is COc1ccc(CN2CCN(CC(=O)N[C@@H](C)C(C)C)CC2)cc1. The van der Waals surface area contributed by atoms with Gasteiger partial charge in [-0.3, -0.25) is 14.6 Å². The van der Waals surface area contributed by atoms with Gasteiger partial charge in [-0.05, 0) is 30.5 Å². The fraction of sp³-hybridized carbons (Fsp3) is 0.632. The highest BCUT2D eigenvalue weighted by atomic mass is 16.5. The minimum absolute atomic E-state index is 0.139. The van der Waals surface area contributed by atoms with E-state index >= 15 is 0 Å². The Balaban J connectivity index is 1.71. The molecule has 1 aromatic rings. The molecule has 0 bridgehead atoms. The molecule has 5 nitrogen and oxygen atoms in total. The van der Waals surface area contributed by atoms with E-state index in [1.807, 2.05) is 12.1 Å². The first kappa shape index (κ1) is 18.7. The Bertz CT molecular complexity index is 508. The molecule has 1 fully saturated rings. The summed E-state index contributed by atoms with van der Waals surface area (Å²) in [6.45, 7) is 11.7. The third-order valence-electron chi connectivity index (χ3n) is 4.79. The zero-order valence-electron chi connectivity index (χ0n) is 15.4. The highest BCUT2D eigenvalue weighted by molar-refractivity contribution is 5.78. The Morgan fingerprint density at radius 2 is 1.67 bits per heavy atom. The molecule has 1 N–H and O–H groups in total. The van der Waals surface area contributed by atoms with Crippen LogP contribution >= 0.6 is 0 Å². The van der Waals surface area contributed by atoms with Crippen molar-refractivity contribution in [1.29, 1.82) is 0 Å². The highest BCUT2D eigenvalue weighted by Gasteiger charge is 2.20. The van der Waals surface area contributed by atoms with E-state index in [2.05, 4.69) is 48.0 Å². The van der Waals surface area contributed by atoms with Gasteiger partial charge in [0, 0.05) is 38.8 Å². The topological polar surface area (TPSA) is 44.8 Å². The van der Waals surface area contributed by atoms with E-state index in [1.165, 1.54) is 5.56 Å². The van der Waals surface area contributed by atoms with Crippen LogP contribution in [-0.2, 0) is 11.3 Å². The van der Waals surface area contributed by atoms with Crippen LogP contribution in [0.25, 0.3) is 0 Å². The summed E-state index contributed by atoms with van der Waals surface area (Å²) in [6.07, 6.45) is 0. The Kier molecular flexibility index (Phi) is 7.06. The normalized spacial score (nSPS) is 17.7. The maximum Gasteiger partial charge on any atom is 0.234 e. The first-order chi connectivity index (χ1) is 11.5. The quantitative estimate of drug-likeness (QED) is 0.829. The average molecular weight is 333 g/mol. The molecular weight excluding hydrogens is 302 g/mol. The fourth-order valence-corrected chi connectivity index (χ4v) is 2.76. The second kappa shape index (κ2) is 9.04. The first-order valence-corrected chi connectivity index (χ1v) is 8.85. The molecule has 134 valence electrons. The molecule has 0 aromatic heterocycles. The molecule has 0 unspecified atom stereocenters. The number of nitrogens with one attached hydrogen (secondary N) is 1.